The molecule has 4 fully saturated rings. The maximum atomic E-state index is 14.1. The number of ether oxygens (including phenoxy) is 1. The Morgan fingerprint density at radius 1 is 0.981 bits per heavy atom. The Kier molecular flexibility index (Phi) is 9.40. The highest BCUT2D eigenvalue weighted by molar-refractivity contribution is 6.30. The second-order valence-corrected chi connectivity index (χ2v) is 20.2. The molecule has 2 heterocycles. The molecule has 2 N–H and O–H groups in total. The predicted molar refractivity (Wildman–Crippen MR) is 203 cm³/mol. The summed E-state index contributed by atoms with van der Waals surface area (Å²) in [4.78, 5) is 43.3. The third-order valence-corrected chi connectivity index (χ3v) is 16.2. The third kappa shape index (κ3) is 5.65. The van der Waals surface area contributed by atoms with Crippen molar-refractivity contribution in [3.63, 3.8) is 0 Å². The summed E-state index contributed by atoms with van der Waals surface area (Å²) in [6, 6.07) is 3.41. The van der Waals surface area contributed by atoms with Crippen molar-refractivity contribution in [2.75, 3.05) is 0 Å². The normalized spacial score (nSPS) is 36.6. The molecule has 0 saturated heterocycles. The largest absolute Gasteiger partial charge is 0.481 e. The number of ketones is 1. The van der Waals surface area contributed by atoms with Gasteiger partial charge in [-0.25, -0.2) is 4.98 Å². The lowest BCUT2D eigenvalue weighted by atomic mass is 9.33. The van der Waals surface area contributed by atoms with Crippen molar-refractivity contribution < 1.29 is 33.8 Å². The van der Waals surface area contributed by atoms with Gasteiger partial charge in [-0.3, -0.25) is 14.4 Å². The van der Waals surface area contributed by atoms with Crippen molar-refractivity contribution in [3.05, 3.63) is 40.4 Å². The number of pyridine rings is 1. The summed E-state index contributed by atoms with van der Waals surface area (Å²) in [5.41, 5.74) is 0.0555. The molecule has 54 heavy (non-hydrogen) atoms. The van der Waals surface area contributed by atoms with Gasteiger partial charge in [0, 0.05) is 23.4 Å². The van der Waals surface area contributed by atoms with Gasteiger partial charge < -0.3 is 19.4 Å². The van der Waals surface area contributed by atoms with Crippen molar-refractivity contribution >= 4 is 29.3 Å². The van der Waals surface area contributed by atoms with Gasteiger partial charge in [-0.05, 0) is 128 Å². The van der Waals surface area contributed by atoms with Crippen molar-refractivity contribution in [2.24, 2.45) is 56.2 Å². The standard InChI is InChI=1S/C43H58ClN3O7/c1-23(2)32-27(48)20-43(34(50)36-47-46-35(54-36)26-12-10-24(44)22-45-26)19-18-41(8)25(33(32)43)11-13-29-40(7)16-15-30(53-31(49)21-38(3,4)37(51)52)39(5,6)28(40)14-17-42(29,41)9/h10,12,22-23,25,28-30,34,50H,11,13-21H2,1-9H3,(H,51,52)/t25-,28+,29-,30+,34?,40+,41-,42-,43-/m1/s1. The van der Waals surface area contributed by atoms with E-state index in [1.54, 1.807) is 26.0 Å². The van der Waals surface area contributed by atoms with Gasteiger partial charge in [-0.15, -0.1) is 10.2 Å². The predicted octanol–water partition coefficient (Wildman–Crippen LogP) is 9.21. The molecule has 2 aromatic rings. The molecule has 0 spiro atoms. The number of Topliss-reactive ketones (excluding diaryl/α,β-unsaturated/α-hetero) is 1. The molecule has 294 valence electrons. The van der Waals surface area contributed by atoms with E-state index in [1.165, 1.54) is 6.20 Å². The summed E-state index contributed by atoms with van der Waals surface area (Å²) in [6.07, 6.45) is 7.35. The van der Waals surface area contributed by atoms with Crippen LogP contribution in [-0.2, 0) is 19.1 Å². The molecule has 10 nitrogen and oxygen atoms in total. The molecule has 7 rings (SSSR count). The van der Waals surface area contributed by atoms with Gasteiger partial charge in [-0.2, -0.15) is 0 Å². The van der Waals surface area contributed by atoms with Crippen LogP contribution in [-0.4, -0.2) is 49.2 Å². The van der Waals surface area contributed by atoms with Crippen LogP contribution in [0.25, 0.3) is 11.6 Å². The molecule has 0 amide bonds. The number of hydrogen-bond acceptors (Lipinski definition) is 9. The number of carboxylic acids is 1. The van der Waals surface area contributed by atoms with E-state index in [4.69, 9.17) is 20.8 Å². The van der Waals surface area contributed by atoms with Gasteiger partial charge in [0.1, 0.15) is 17.9 Å². The Balaban J connectivity index is 1.19. The summed E-state index contributed by atoms with van der Waals surface area (Å²) < 4.78 is 12.3. The number of aromatic nitrogens is 3. The zero-order valence-electron chi connectivity index (χ0n) is 33.4. The number of halogens is 1. The van der Waals surface area contributed by atoms with E-state index in [1.807, 2.05) is 0 Å². The molecule has 2 aromatic heterocycles. The Morgan fingerprint density at radius 3 is 2.35 bits per heavy atom. The maximum Gasteiger partial charge on any atom is 0.309 e. The highest BCUT2D eigenvalue weighted by Gasteiger charge is 2.71. The van der Waals surface area contributed by atoms with Crippen LogP contribution in [0, 0.1) is 56.2 Å². The summed E-state index contributed by atoms with van der Waals surface area (Å²) in [5, 5.41) is 31.0. The van der Waals surface area contributed by atoms with Crippen molar-refractivity contribution in [1.29, 1.82) is 0 Å². The number of esters is 1. The minimum atomic E-state index is -1.18. The fraction of sp³-hybridized carbons (Fsp3) is 0.721. The van der Waals surface area contributed by atoms with Crippen molar-refractivity contribution in [1.82, 2.24) is 15.2 Å². The fourth-order valence-electron chi connectivity index (χ4n) is 13.0. The molecular formula is C43H58ClN3O7. The molecule has 5 aliphatic rings. The van der Waals surface area contributed by atoms with E-state index in [0.717, 1.165) is 56.1 Å². The van der Waals surface area contributed by atoms with Crippen LogP contribution in [0.15, 0.2) is 33.9 Å². The Bertz CT molecular complexity index is 1880. The molecule has 0 aromatic carbocycles. The van der Waals surface area contributed by atoms with Crippen LogP contribution in [0.4, 0.5) is 0 Å². The van der Waals surface area contributed by atoms with Crippen molar-refractivity contribution in [2.45, 2.75) is 139 Å². The SMILES string of the molecule is CC(C)C1=C2[C@H]3CC[C@@H]4[C@@]5(C)CC[C@H](OC(=O)CC(C)(C)C(=O)O)C(C)(C)[C@@H]5CC[C@@]4(C)[C@]3(C)CC[C@@]2(C(O)c2nnc(-c3ccc(Cl)cn3)o2)CC1=O. The first-order chi connectivity index (χ1) is 25.1. The fourth-order valence-corrected chi connectivity index (χ4v) is 13.1. The number of rotatable bonds is 8. The number of aliphatic carboxylic acids is 1. The summed E-state index contributed by atoms with van der Waals surface area (Å²) in [7, 11) is 0. The molecule has 9 atom stereocenters. The summed E-state index contributed by atoms with van der Waals surface area (Å²) in [6.45, 7) is 19.3. The molecule has 0 radical (unpaired) electrons. The minimum Gasteiger partial charge on any atom is -0.481 e. The lowest BCUT2D eigenvalue weighted by Crippen LogP contribution is -2.66. The van der Waals surface area contributed by atoms with Crippen LogP contribution in [0.1, 0.15) is 139 Å². The van der Waals surface area contributed by atoms with Crippen LogP contribution in [0.3, 0.4) is 0 Å². The summed E-state index contributed by atoms with van der Waals surface area (Å²) >= 11 is 6.05. The van der Waals surface area contributed by atoms with Crippen molar-refractivity contribution in [3.8, 4) is 11.6 Å². The lowest BCUT2D eigenvalue weighted by Gasteiger charge is -2.72. The number of aliphatic hydroxyl groups is 1. The monoisotopic (exact) mass is 763 g/mol. The van der Waals surface area contributed by atoms with E-state index in [0.29, 0.717) is 29.0 Å². The number of allylic oxidation sites excluding steroid dienone is 1. The molecule has 11 heteroatoms. The first-order valence-electron chi connectivity index (χ1n) is 20.0. The van der Waals surface area contributed by atoms with Crippen LogP contribution < -0.4 is 0 Å². The Hall–Kier alpha value is -3.11. The topological polar surface area (TPSA) is 153 Å². The van der Waals surface area contributed by atoms with Gasteiger partial charge in [0.05, 0.1) is 16.9 Å². The number of fused-ring (bicyclic) bond motifs is 7. The molecular weight excluding hydrogens is 706 g/mol. The Morgan fingerprint density at radius 2 is 1.70 bits per heavy atom. The number of hydrogen-bond donors (Lipinski definition) is 2. The maximum absolute atomic E-state index is 14.1. The highest BCUT2D eigenvalue weighted by Crippen LogP contribution is 2.77. The minimum absolute atomic E-state index is 0.0123. The molecule has 5 aliphatic carbocycles. The molecule has 0 bridgehead atoms. The molecule has 1 unspecified atom stereocenters. The Labute approximate surface area is 324 Å². The van der Waals surface area contributed by atoms with E-state index in [-0.39, 0.29) is 70.0 Å². The first-order valence-corrected chi connectivity index (χ1v) is 20.3. The zero-order valence-corrected chi connectivity index (χ0v) is 34.2. The van der Waals surface area contributed by atoms with Gasteiger partial charge in [0.25, 0.3) is 5.89 Å². The van der Waals surface area contributed by atoms with Gasteiger partial charge >= 0.3 is 11.9 Å². The molecule has 4 saturated carbocycles. The van der Waals surface area contributed by atoms with E-state index < -0.39 is 28.9 Å². The third-order valence-electron chi connectivity index (χ3n) is 16.0. The second kappa shape index (κ2) is 13.0. The average molecular weight is 764 g/mol. The average Bonchev–Trinajstić information content (AvgIpc) is 3.69. The van der Waals surface area contributed by atoms with E-state index in [9.17, 15) is 24.6 Å². The van der Waals surface area contributed by atoms with E-state index in [2.05, 4.69) is 63.6 Å². The number of carbonyl (C=O) groups is 3. The second-order valence-electron chi connectivity index (χ2n) is 19.8. The van der Waals surface area contributed by atoms with Crippen LogP contribution in [0.2, 0.25) is 5.02 Å². The first kappa shape index (κ1) is 39.1. The number of carbonyl (C=O) groups excluding carboxylic acids is 2. The van der Waals surface area contributed by atoms with Crippen LogP contribution in [0.5, 0.6) is 0 Å². The lowest BCUT2D eigenvalue weighted by molar-refractivity contribution is -0.235. The van der Waals surface area contributed by atoms with Gasteiger partial charge in [0.15, 0.2) is 5.78 Å². The van der Waals surface area contributed by atoms with Crippen LogP contribution >= 0.6 is 11.6 Å². The number of aliphatic hydroxyl groups excluding tert-OH is 1. The smallest absolute Gasteiger partial charge is 0.309 e. The zero-order chi connectivity index (χ0) is 39.4. The highest BCUT2D eigenvalue weighted by atomic mass is 35.5. The summed E-state index contributed by atoms with van der Waals surface area (Å²) in [5.74, 6) is -0.133. The quantitative estimate of drug-likeness (QED) is 0.249. The van der Waals surface area contributed by atoms with E-state index >= 15 is 0 Å². The number of carboxylic acid groups (broad SMARTS) is 1. The van der Waals surface area contributed by atoms with Gasteiger partial charge in [0.2, 0.25) is 5.89 Å². The van der Waals surface area contributed by atoms with Gasteiger partial charge in [-0.1, -0.05) is 60.1 Å². The number of nitrogens with zero attached hydrogens (tertiary/aromatic N) is 3. The molecule has 0 aliphatic heterocycles.